The lowest BCUT2D eigenvalue weighted by molar-refractivity contribution is 0.0677. The van der Waals surface area contributed by atoms with Crippen LogP contribution >= 0.6 is 15.9 Å². The number of amides is 1. The highest BCUT2D eigenvalue weighted by molar-refractivity contribution is 9.10. The Morgan fingerprint density at radius 2 is 2.05 bits per heavy atom. The van der Waals surface area contributed by atoms with Crippen LogP contribution in [0.1, 0.15) is 33.5 Å². The van der Waals surface area contributed by atoms with Crippen LogP contribution in [0.15, 0.2) is 16.9 Å². The van der Waals surface area contributed by atoms with Gasteiger partial charge in [-0.05, 0) is 22.9 Å². The zero-order chi connectivity index (χ0) is 16.4. The molecule has 0 fully saturated rings. The van der Waals surface area contributed by atoms with Gasteiger partial charge in [0.05, 0.1) is 29.1 Å². The fourth-order valence-corrected chi connectivity index (χ4v) is 2.56. The molecular weight excluding hydrogens is 354 g/mol. The van der Waals surface area contributed by atoms with Gasteiger partial charge in [0.25, 0.3) is 5.91 Å². The van der Waals surface area contributed by atoms with E-state index in [9.17, 15) is 9.59 Å². The molecule has 0 unspecified atom stereocenters. The van der Waals surface area contributed by atoms with Gasteiger partial charge >= 0.3 is 5.97 Å². The van der Waals surface area contributed by atoms with Crippen molar-refractivity contribution in [3.8, 4) is 0 Å². The number of aromatic carboxylic acids is 1. The lowest BCUT2D eigenvalue weighted by Gasteiger charge is -2.18. The Morgan fingerprint density at radius 3 is 2.64 bits per heavy atom. The summed E-state index contributed by atoms with van der Waals surface area (Å²) in [5, 5.41) is 17.2. The van der Waals surface area contributed by atoms with Crippen LogP contribution in [-0.4, -0.2) is 48.5 Å². The molecule has 0 aliphatic heterocycles. The highest BCUT2D eigenvalue weighted by Crippen LogP contribution is 2.19. The second kappa shape index (κ2) is 6.30. The normalized spacial score (nSPS) is 10.7. The summed E-state index contributed by atoms with van der Waals surface area (Å²) >= 11 is 3.40. The number of aryl methyl sites for hydroxylation is 2. The number of nitrogens with zero attached hydrogens (tertiary/aromatic N) is 5. The average Bonchev–Trinajstić information content (AvgIpc) is 3.02. The Kier molecular flexibility index (Phi) is 4.65. The van der Waals surface area contributed by atoms with E-state index < -0.39 is 11.9 Å². The van der Waals surface area contributed by atoms with Crippen molar-refractivity contribution < 1.29 is 14.7 Å². The third-order valence-electron chi connectivity index (χ3n) is 3.30. The Labute approximate surface area is 135 Å². The molecule has 1 amide bonds. The first-order valence-electron chi connectivity index (χ1n) is 6.57. The standard InChI is InChI=1S/C13H16BrN5O3/c1-4-19-10(9(14)6-16-19)7-17(2)12(20)11-8(13(21)22)5-15-18(11)3/h5-6H,4,7H2,1-3H3,(H,21,22). The molecule has 0 saturated carbocycles. The summed E-state index contributed by atoms with van der Waals surface area (Å²) in [5.41, 5.74) is 0.786. The molecule has 2 aromatic heterocycles. The molecule has 2 rings (SSSR count). The molecule has 0 spiro atoms. The van der Waals surface area contributed by atoms with Crippen molar-refractivity contribution in [3.63, 3.8) is 0 Å². The van der Waals surface area contributed by atoms with Crippen molar-refractivity contribution >= 4 is 27.8 Å². The average molecular weight is 370 g/mol. The molecule has 118 valence electrons. The molecule has 2 heterocycles. The number of carbonyl (C=O) groups excluding carboxylic acids is 1. The summed E-state index contributed by atoms with van der Waals surface area (Å²) in [5.74, 6) is -1.59. The monoisotopic (exact) mass is 369 g/mol. The van der Waals surface area contributed by atoms with Gasteiger partial charge in [-0.1, -0.05) is 0 Å². The molecule has 1 N–H and O–H groups in total. The Balaban J connectivity index is 2.28. The Morgan fingerprint density at radius 1 is 1.36 bits per heavy atom. The molecule has 2 aromatic rings. The van der Waals surface area contributed by atoms with Gasteiger partial charge in [-0.15, -0.1) is 0 Å². The molecule has 0 bridgehead atoms. The summed E-state index contributed by atoms with van der Waals surface area (Å²) in [6.45, 7) is 2.93. The Hall–Kier alpha value is -2.16. The van der Waals surface area contributed by atoms with E-state index in [0.29, 0.717) is 13.1 Å². The number of aromatic nitrogens is 4. The van der Waals surface area contributed by atoms with Crippen LogP contribution in [0.4, 0.5) is 0 Å². The SMILES string of the molecule is CCn1ncc(Br)c1CN(C)C(=O)c1c(C(=O)O)cnn1C. The third kappa shape index (κ3) is 2.89. The maximum absolute atomic E-state index is 12.5. The van der Waals surface area contributed by atoms with Gasteiger partial charge in [0.15, 0.2) is 0 Å². The fraction of sp³-hybridized carbons (Fsp3) is 0.385. The number of rotatable bonds is 5. The van der Waals surface area contributed by atoms with Gasteiger partial charge in [-0.2, -0.15) is 10.2 Å². The summed E-state index contributed by atoms with van der Waals surface area (Å²) in [7, 11) is 3.15. The van der Waals surface area contributed by atoms with Crippen molar-refractivity contribution in [2.24, 2.45) is 7.05 Å². The van der Waals surface area contributed by atoms with Gasteiger partial charge in [-0.3, -0.25) is 14.2 Å². The van der Waals surface area contributed by atoms with Gasteiger partial charge in [0.2, 0.25) is 0 Å². The van der Waals surface area contributed by atoms with Crippen LogP contribution in [0.5, 0.6) is 0 Å². The number of carbonyl (C=O) groups is 2. The van der Waals surface area contributed by atoms with Crippen molar-refractivity contribution in [3.05, 3.63) is 33.8 Å². The minimum atomic E-state index is -1.18. The van der Waals surface area contributed by atoms with Crippen molar-refractivity contribution in [2.75, 3.05) is 7.05 Å². The minimum Gasteiger partial charge on any atom is -0.478 e. The van der Waals surface area contributed by atoms with Crippen molar-refractivity contribution in [2.45, 2.75) is 20.0 Å². The topological polar surface area (TPSA) is 93.2 Å². The number of hydrogen-bond donors (Lipinski definition) is 1. The van der Waals surface area contributed by atoms with E-state index in [4.69, 9.17) is 5.11 Å². The molecule has 0 atom stereocenters. The molecular formula is C13H16BrN5O3. The molecule has 8 nitrogen and oxygen atoms in total. The largest absolute Gasteiger partial charge is 0.478 e. The van der Waals surface area contributed by atoms with Gasteiger partial charge in [0, 0.05) is 20.6 Å². The maximum Gasteiger partial charge on any atom is 0.339 e. The molecule has 0 radical (unpaired) electrons. The van der Waals surface area contributed by atoms with Crippen LogP contribution in [0, 0.1) is 0 Å². The van der Waals surface area contributed by atoms with Crippen LogP contribution in [0.25, 0.3) is 0 Å². The number of carboxylic acids is 1. The highest BCUT2D eigenvalue weighted by atomic mass is 79.9. The number of carboxylic acid groups (broad SMARTS) is 1. The first-order chi connectivity index (χ1) is 10.4. The minimum absolute atomic E-state index is 0.0497. The van der Waals surface area contributed by atoms with Gasteiger partial charge < -0.3 is 10.0 Å². The summed E-state index contributed by atoms with van der Waals surface area (Å²) in [6, 6.07) is 0. The molecule has 0 aliphatic rings. The van der Waals surface area contributed by atoms with E-state index in [0.717, 1.165) is 10.2 Å². The van der Waals surface area contributed by atoms with Crippen LogP contribution in [0.2, 0.25) is 0 Å². The third-order valence-corrected chi connectivity index (χ3v) is 3.97. The molecule has 0 aromatic carbocycles. The maximum atomic E-state index is 12.5. The van der Waals surface area contributed by atoms with E-state index >= 15 is 0 Å². The summed E-state index contributed by atoms with van der Waals surface area (Å²) in [4.78, 5) is 25.2. The zero-order valence-electron chi connectivity index (χ0n) is 12.4. The van der Waals surface area contributed by atoms with E-state index in [2.05, 4.69) is 26.1 Å². The van der Waals surface area contributed by atoms with Crippen LogP contribution < -0.4 is 0 Å². The van der Waals surface area contributed by atoms with E-state index in [-0.39, 0.29) is 11.3 Å². The fourth-order valence-electron chi connectivity index (χ4n) is 2.14. The van der Waals surface area contributed by atoms with Crippen molar-refractivity contribution in [1.82, 2.24) is 24.5 Å². The predicted molar refractivity (Wildman–Crippen MR) is 81.6 cm³/mol. The first-order valence-corrected chi connectivity index (χ1v) is 7.37. The lowest BCUT2D eigenvalue weighted by Crippen LogP contribution is -2.30. The second-order valence-corrected chi connectivity index (χ2v) is 5.61. The van der Waals surface area contributed by atoms with Gasteiger partial charge in [0.1, 0.15) is 11.3 Å². The number of hydrogen-bond acceptors (Lipinski definition) is 4. The van der Waals surface area contributed by atoms with Crippen molar-refractivity contribution in [1.29, 1.82) is 0 Å². The predicted octanol–water partition coefficient (Wildman–Crippen LogP) is 1.37. The van der Waals surface area contributed by atoms with Crippen LogP contribution in [-0.2, 0) is 20.1 Å². The van der Waals surface area contributed by atoms with E-state index in [1.807, 2.05) is 6.92 Å². The number of halogens is 1. The summed E-state index contributed by atoms with van der Waals surface area (Å²) < 4.78 is 3.85. The first kappa shape index (κ1) is 16.2. The van der Waals surface area contributed by atoms with Gasteiger partial charge in [-0.25, -0.2) is 4.79 Å². The van der Waals surface area contributed by atoms with E-state index in [1.54, 1.807) is 25.0 Å². The Bertz CT molecular complexity index is 721. The van der Waals surface area contributed by atoms with Crippen LogP contribution in [0.3, 0.4) is 0 Å². The second-order valence-electron chi connectivity index (χ2n) is 4.75. The zero-order valence-corrected chi connectivity index (χ0v) is 14.0. The summed E-state index contributed by atoms with van der Waals surface area (Å²) in [6.07, 6.45) is 2.85. The lowest BCUT2D eigenvalue weighted by atomic mass is 10.2. The smallest absolute Gasteiger partial charge is 0.339 e. The molecule has 22 heavy (non-hydrogen) atoms. The molecule has 0 aliphatic carbocycles. The quantitative estimate of drug-likeness (QED) is 0.858. The highest BCUT2D eigenvalue weighted by Gasteiger charge is 2.25. The molecule has 0 saturated heterocycles. The van der Waals surface area contributed by atoms with E-state index in [1.165, 1.54) is 15.8 Å². The molecule has 9 heteroatoms.